The van der Waals surface area contributed by atoms with Gasteiger partial charge in [-0.2, -0.15) is 5.10 Å². The number of hydrogen-bond donors (Lipinski definition) is 1. The molecule has 0 spiro atoms. The Morgan fingerprint density at radius 1 is 1.24 bits per heavy atom. The molecule has 1 fully saturated rings. The number of nitrogens with one attached hydrogen (secondary N) is 1. The highest BCUT2D eigenvalue weighted by atomic mass is 16.5. The number of nitrogens with zero attached hydrogens (tertiary/aromatic N) is 5. The zero-order chi connectivity index (χ0) is 22.9. The molecule has 10 nitrogen and oxygen atoms in total. The number of hydrogen-bond acceptors (Lipinski definition) is 7. The van der Waals surface area contributed by atoms with Crippen LogP contribution in [-0.4, -0.2) is 43.6 Å². The second-order valence-electron chi connectivity index (χ2n) is 8.29. The number of aryl methyl sites for hydroxylation is 1. The van der Waals surface area contributed by atoms with Crippen LogP contribution in [0.15, 0.2) is 52.3 Å². The van der Waals surface area contributed by atoms with Crippen LogP contribution in [0.1, 0.15) is 47.8 Å². The molecule has 1 amide bonds. The van der Waals surface area contributed by atoms with Gasteiger partial charge in [-0.15, -0.1) is 10.2 Å². The van der Waals surface area contributed by atoms with E-state index in [2.05, 4.69) is 20.6 Å². The number of fused-ring (bicyclic) bond motifs is 1. The largest absolute Gasteiger partial charge is 0.496 e. The van der Waals surface area contributed by atoms with E-state index in [1.165, 1.54) is 22.8 Å². The maximum absolute atomic E-state index is 13.1. The molecule has 0 unspecified atom stereocenters. The fourth-order valence-corrected chi connectivity index (χ4v) is 4.39. The minimum atomic E-state index is -0.196. The number of rotatable bonds is 5. The smallest absolute Gasteiger partial charge is 0.276 e. The van der Waals surface area contributed by atoms with Crippen LogP contribution in [0.3, 0.4) is 0 Å². The van der Waals surface area contributed by atoms with Gasteiger partial charge >= 0.3 is 0 Å². The molecule has 0 atom stereocenters. The Balaban J connectivity index is 1.36. The van der Waals surface area contributed by atoms with Gasteiger partial charge in [0.05, 0.1) is 18.2 Å². The lowest BCUT2D eigenvalue weighted by atomic mass is 9.86. The van der Waals surface area contributed by atoms with Crippen LogP contribution >= 0.6 is 0 Å². The first-order valence-electron chi connectivity index (χ1n) is 10.8. The van der Waals surface area contributed by atoms with Crippen LogP contribution in [0.2, 0.25) is 0 Å². The Kier molecular flexibility index (Phi) is 5.41. The quantitative estimate of drug-likeness (QED) is 0.499. The number of methoxy groups -OCH3 is 1. The summed E-state index contributed by atoms with van der Waals surface area (Å²) in [5.74, 6) is 1.14. The van der Waals surface area contributed by atoms with E-state index < -0.39 is 0 Å². The number of amides is 1. The molecule has 10 heteroatoms. The van der Waals surface area contributed by atoms with E-state index in [1.54, 1.807) is 43.7 Å². The van der Waals surface area contributed by atoms with Gasteiger partial charge in [-0.1, -0.05) is 0 Å². The van der Waals surface area contributed by atoms with Crippen LogP contribution in [0.4, 0.5) is 0 Å². The summed E-state index contributed by atoms with van der Waals surface area (Å²) in [5.41, 5.74) is 1.34. The van der Waals surface area contributed by atoms with E-state index in [0.717, 1.165) is 31.1 Å². The average Bonchev–Trinajstić information content (AvgIpc) is 3.50. The summed E-state index contributed by atoms with van der Waals surface area (Å²) in [4.78, 5) is 25.6. The summed E-state index contributed by atoms with van der Waals surface area (Å²) >= 11 is 0. The van der Waals surface area contributed by atoms with Crippen molar-refractivity contribution in [3.63, 3.8) is 0 Å². The number of benzene rings is 1. The van der Waals surface area contributed by atoms with E-state index >= 15 is 0 Å². The van der Waals surface area contributed by atoms with Gasteiger partial charge in [-0.25, -0.2) is 4.68 Å². The Labute approximate surface area is 189 Å². The van der Waals surface area contributed by atoms with E-state index in [0.29, 0.717) is 28.4 Å². The molecule has 5 rings (SSSR count). The zero-order valence-corrected chi connectivity index (χ0v) is 18.4. The average molecular weight is 448 g/mol. The molecule has 0 aliphatic heterocycles. The molecule has 1 aromatic carbocycles. The lowest BCUT2D eigenvalue weighted by molar-refractivity contribution is 0.0922. The van der Waals surface area contributed by atoms with Crippen LogP contribution in [-0.2, 0) is 7.05 Å². The van der Waals surface area contributed by atoms with Crippen molar-refractivity contribution in [1.29, 1.82) is 0 Å². The van der Waals surface area contributed by atoms with Gasteiger partial charge in [0.2, 0.25) is 12.3 Å². The molecule has 1 aliphatic rings. The summed E-state index contributed by atoms with van der Waals surface area (Å²) in [5, 5.41) is 16.1. The third kappa shape index (κ3) is 3.99. The lowest BCUT2D eigenvalue weighted by Gasteiger charge is -2.27. The maximum Gasteiger partial charge on any atom is 0.276 e. The van der Waals surface area contributed by atoms with Gasteiger partial charge < -0.3 is 19.0 Å². The number of ether oxygens (including phenoxy) is 1. The minimum absolute atomic E-state index is 0.0622. The number of carbonyl (C=O) groups excluding carboxylic acids is 1. The van der Waals surface area contributed by atoms with Crippen molar-refractivity contribution in [2.24, 2.45) is 7.05 Å². The third-order valence-electron chi connectivity index (χ3n) is 6.21. The normalized spacial score (nSPS) is 18.4. The van der Waals surface area contributed by atoms with Crippen molar-refractivity contribution in [2.45, 2.75) is 37.6 Å². The molecule has 170 valence electrons. The predicted molar refractivity (Wildman–Crippen MR) is 120 cm³/mol. The maximum atomic E-state index is 13.1. The molecule has 3 aromatic heterocycles. The van der Waals surface area contributed by atoms with E-state index in [9.17, 15) is 9.59 Å². The SMILES string of the molecule is COc1cc2nn(-c3cccn(C)c3=O)cc2cc1C(=O)NC1CCC(c2nnco2)CC1. The molecule has 3 heterocycles. The summed E-state index contributed by atoms with van der Waals surface area (Å²) in [6.45, 7) is 0. The van der Waals surface area contributed by atoms with Crippen LogP contribution in [0.5, 0.6) is 5.75 Å². The molecule has 1 N–H and O–H groups in total. The van der Waals surface area contributed by atoms with Crippen molar-refractivity contribution in [3.8, 4) is 11.4 Å². The van der Waals surface area contributed by atoms with Crippen LogP contribution in [0, 0.1) is 0 Å². The van der Waals surface area contributed by atoms with E-state index in [1.807, 2.05) is 0 Å². The Morgan fingerprint density at radius 2 is 2.06 bits per heavy atom. The third-order valence-corrected chi connectivity index (χ3v) is 6.21. The first kappa shape index (κ1) is 20.9. The molecule has 0 saturated heterocycles. The highest BCUT2D eigenvalue weighted by Gasteiger charge is 2.27. The molecule has 0 radical (unpaired) electrons. The molecular formula is C23H24N6O4. The second kappa shape index (κ2) is 8.53. The fraction of sp³-hybridized carbons (Fsp3) is 0.348. The van der Waals surface area contributed by atoms with Gasteiger partial charge in [0.1, 0.15) is 11.4 Å². The summed E-state index contributed by atoms with van der Waals surface area (Å²) < 4.78 is 13.8. The highest BCUT2D eigenvalue weighted by Crippen LogP contribution is 2.32. The van der Waals surface area contributed by atoms with Gasteiger partial charge in [-0.05, 0) is 43.9 Å². The number of carbonyl (C=O) groups is 1. The van der Waals surface area contributed by atoms with Crippen molar-refractivity contribution >= 4 is 16.8 Å². The fourth-order valence-electron chi connectivity index (χ4n) is 4.39. The van der Waals surface area contributed by atoms with Gasteiger partial charge in [0.25, 0.3) is 11.5 Å². The topological polar surface area (TPSA) is 117 Å². The molecule has 1 aliphatic carbocycles. The van der Waals surface area contributed by atoms with E-state index in [4.69, 9.17) is 9.15 Å². The molecule has 4 aromatic rings. The standard InChI is InChI=1S/C23H24N6O4/c1-28-9-3-4-19(23(28)31)29-12-15-10-17(20(32-2)11-18(15)27-29)21(30)25-16-7-5-14(6-8-16)22-26-24-13-33-22/h3-4,9-14,16H,5-8H2,1-2H3,(H,25,30). The van der Waals surface area contributed by atoms with Crippen LogP contribution < -0.4 is 15.6 Å². The molecular weight excluding hydrogens is 424 g/mol. The first-order chi connectivity index (χ1) is 16.0. The van der Waals surface area contributed by atoms with Crippen molar-refractivity contribution in [3.05, 3.63) is 64.9 Å². The Bertz CT molecular complexity index is 1350. The lowest BCUT2D eigenvalue weighted by Crippen LogP contribution is -2.37. The predicted octanol–water partition coefficient (Wildman–Crippen LogP) is 2.57. The first-order valence-corrected chi connectivity index (χ1v) is 10.8. The van der Waals surface area contributed by atoms with Crippen molar-refractivity contribution in [2.75, 3.05) is 7.11 Å². The molecule has 1 saturated carbocycles. The summed E-state index contributed by atoms with van der Waals surface area (Å²) in [7, 11) is 3.22. The molecule has 33 heavy (non-hydrogen) atoms. The highest BCUT2D eigenvalue weighted by molar-refractivity contribution is 6.01. The van der Waals surface area contributed by atoms with Gasteiger partial charge in [-0.3, -0.25) is 9.59 Å². The zero-order valence-electron chi connectivity index (χ0n) is 18.4. The minimum Gasteiger partial charge on any atom is -0.496 e. The Hall–Kier alpha value is -3.95. The summed E-state index contributed by atoms with van der Waals surface area (Å²) in [6.07, 6.45) is 8.21. The molecule has 0 bridgehead atoms. The van der Waals surface area contributed by atoms with Gasteiger partial charge in [0.15, 0.2) is 0 Å². The van der Waals surface area contributed by atoms with Crippen LogP contribution in [0.25, 0.3) is 16.6 Å². The van der Waals surface area contributed by atoms with Gasteiger partial charge in [0, 0.05) is 42.9 Å². The monoisotopic (exact) mass is 448 g/mol. The number of aromatic nitrogens is 5. The van der Waals surface area contributed by atoms with Crippen molar-refractivity contribution in [1.82, 2.24) is 29.9 Å². The van der Waals surface area contributed by atoms with Crippen molar-refractivity contribution < 1.29 is 13.9 Å². The summed E-state index contributed by atoms with van der Waals surface area (Å²) in [6, 6.07) is 7.04. The Morgan fingerprint density at radius 3 is 2.79 bits per heavy atom. The van der Waals surface area contributed by atoms with E-state index in [-0.39, 0.29) is 23.4 Å². The number of pyridine rings is 1. The second-order valence-corrected chi connectivity index (χ2v) is 8.29.